The number of pyridine rings is 2. The minimum atomic E-state index is -0.517. The Morgan fingerprint density at radius 3 is 2.67 bits per heavy atom. The number of aryl methyl sites for hydroxylation is 2. The largest absolute Gasteiger partial charge is 0.457 e. The quantitative estimate of drug-likeness (QED) is 0.198. The van der Waals surface area contributed by atoms with Crippen LogP contribution >= 0.6 is 0 Å². The molecule has 226 valence electrons. The Labute approximate surface area is 253 Å². The lowest BCUT2D eigenvalue weighted by atomic mass is 10.0. The lowest BCUT2D eigenvalue weighted by molar-refractivity contribution is 0.0942. The van der Waals surface area contributed by atoms with Gasteiger partial charge in [0.2, 0.25) is 11.9 Å². The number of carbonyl (C=O) groups is 1. The molecule has 1 aliphatic heterocycles. The fourth-order valence-electron chi connectivity index (χ4n) is 5.15. The molecule has 1 amide bonds. The molecule has 6 rings (SSSR count). The second-order valence-corrected chi connectivity index (χ2v) is 10.5. The van der Waals surface area contributed by atoms with Gasteiger partial charge in [-0.2, -0.15) is 4.39 Å². The molecule has 1 aliphatic rings. The third-order valence-electron chi connectivity index (χ3n) is 7.51. The van der Waals surface area contributed by atoms with Gasteiger partial charge in [-0.05, 0) is 60.0 Å². The highest BCUT2D eigenvalue weighted by Gasteiger charge is 2.14. The predicted molar refractivity (Wildman–Crippen MR) is 171 cm³/mol. The number of hydrogen-bond donors (Lipinski definition) is 3. The standard InChI is InChI=1S/C32H33FN8O2.3H2/c1-21-3-4-23(18-26(21)22-7-9-36-30(33)17-22)38-32-39-27-19-24(5-6-29(27)40(32)2)43-25-8-10-35-28(20-25)31(42)37-13-16-41-14-11-34-12-15-41;;;/h3-10,17-20,34H,11-16H2,1-2H3,(H,37,42)(H,38,39);3*1H. The predicted octanol–water partition coefficient (Wildman–Crippen LogP) is 5.39. The number of fused-ring (bicyclic) bond motifs is 1. The van der Waals surface area contributed by atoms with Crippen LogP contribution in [0.4, 0.5) is 16.0 Å². The summed E-state index contributed by atoms with van der Waals surface area (Å²) >= 11 is 0. The molecule has 5 aromatic rings. The molecule has 0 unspecified atom stereocenters. The molecule has 0 atom stereocenters. The van der Waals surface area contributed by atoms with Crippen LogP contribution in [0.3, 0.4) is 0 Å². The van der Waals surface area contributed by atoms with E-state index >= 15 is 0 Å². The minimum Gasteiger partial charge on any atom is -0.457 e. The second kappa shape index (κ2) is 12.6. The summed E-state index contributed by atoms with van der Waals surface area (Å²) in [7, 11) is 1.93. The molecule has 3 aromatic heterocycles. The molecule has 1 saturated heterocycles. The van der Waals surface area contributed by atoms with Crippen molar-refractivity contribution in [3.63, 3.8) is 0 Å². The van der Waals surface area contributed by atoms with E-state index in [-0.39, 0.29) is 10.2 Å². The van der Waals surface area contributed by atoms with Crippen molar-refractivity contribution in [1.29, 1.82) is 0 Å². The smallest absolute Gasteiger partial charge is 0.270 e. The Morgan fingerprint density at radius 2 is 1.84 bits per heavy atom. The molecule has 4 heterocycles. The van der Waals surface area contributed by atoms with Gasteiger partial charge >= 0.3 is 0 Å². The number of benzene rings is 2. The van der Waals surface area contributed by atoms with E-state index in [1.54, 1.807) is 24.4 Å². The fraction of sp³-hybridized carbons (Fsp3) is 0.250. The number of carbonyl (C=O) groups excluding carboxylic acids is 1. The van der Waals surface area contributed by atoms with Gasteiger partial charge in [0.15, 0.2) is 0 Å². The van der Waals surface area contributed by atoms with E-state index in [2.05, 4.69) is 30.8 Å². The average molecular weight is 587 g/mol. The van der Waals surface area contributed by atoms with Crippen LogP contribution in [0.2, 0.25) is 0 Å². The lowest BCUT2D eigenvalue weighted by Gasteiger charge is -2.27. The van der Waals surface area contributed by atoms with Crippen LogP contribution < -0.4 is 20.7 Å². The topological polar surface area (TPSA) is 109 Å². The Bertz CT molecular complexity index is 1780. The van der Waals surface area contributed by atoms with Gasteiger partial charge in [0.25, 0.3) is 5.91 Å². The summed E-state index contributed by atoms with van der Waals surface area (Å²) in [5, 5.41) is 9.66. The van der Waals surface area contributed by atoms with Gasteiger partial charge < -0.3 is 25.3 Å². The number of rotatable bonds is 9. The second-order valence-electron chi connectivity index (χ2n) is 10.5. The maximum atomic E-state index is 13.8. The van der Waals surface area contributed by atoms with Gasteiger partial charge in [-0.3, -0.25) is 14.7 Å². The first-order valence-electron chi connectivity index (χ1n) is 14.2. The summed E-state index contributed by atoms with van der Waals surface area (Å²) in [6.07, 6.45) is 3.03. The highest BCUT2D eigenvalue weighted by molar-refractivity contribution is 5.92. The SMILES string of the molecule is Cc1ccc(Nc2nc3cc(Oc4ccnc(C(=O)NCCN5CCNCC5)c4)ccc3n2C)cc1-c1ccnc(F)c1.[HH].[HH].[HH]. The van der Waals surface area contributed by atoms with Crippen LogP contribution in [0.5, 0.6) is 11.5 Å². The number of amides is 1. The van der Waals surface area contributed by atoms with Crippen molar-refractivity contribution in [2.45, 2.75) is 6.92 Å². The molecule has 0 aliphatic carbocycles. The third-order valence-corrected chi connectivity index (χ3v) is 7.51. The molecule has 0 spiro atoms. The van der Waals surface area contributed by atoms with Gasteiger partial charge in [0.1, 0.15) is 17.2 Å². The van der Waals surface area contributed by atoms with Gasteiger partial charge in [0, 0.05) is 86.9 Å². The molecular formula is C32H39FN8O2. The molecular weight excluding hydrogens is 547 g/mol. The Morgan fingerprint density at radius 1 is 1.02 bits per heavy atom. The molecule has 0 radical (unpaired) electrons. The van der Waals surface area contributed by atoms with E-state index in [0.29, 0.717) is 29.7 Å². The molecule has 11 heteroatoms. The zero-order chi connectivity index (χ0) is 29.8. The van der Waals surface area contributed by atoms with Crippen LogP contribution in [0.15, 0.2) is 73.1 Å². The van der Waals surface area contributed by atoms with Crippen molar-refractivity contribution < 1.29 is 18.2 Å². The summed E-state index contributed by atoms with van der Waals surface area (Å²) < 4.78 is 21.8. The molecule has 10 nitrogen and oxygen atoms in total. The molecule has 1 fully saturated rings. The number of nitrogens with zero attached hydrogens (tertiary/aromatic N) is 5. The van der Waals surface area contributed by atoms with Crippen molar-refractivity contribution in [3.8, 4) is 22.6 Å². The van der Waals surface area contributed by atoms with Crippen LogP contribution in [-0.4, -0.2) is 69.6 Å². The van der Waals surface area contributed by atoms with Crippen LogP contribution in [0.25, 0.3) is 22.2 Å². The Hall–Kier alpha value is -4.87. The van der Waals surface area contributed by atoms with Crippen molar-refractivity contribution in [1.82, 2.24) is 35.1 Å². The number of halogens is 1. The zero-order valence-corrected chi connectivity index (χ0v) is 24.1. The van der Waals surface area contributed by atoms with Gasteiger partial charge in [-0.25, -0.2) is 9.97 Å². The van der Waals surface area contributed by atoms with Crippen LogP contribution in [0, 0.1) is 12.9 Å². The van der Waals surface area contributed by atoms with Crippen molar-refractivity contribution in [2.24, 2.45) is 7.05 Å². The van der Waals surface area contributed by atoms with Crippen LogP contribution in [0.1, 0.15) is 20.3 Å². The van der Waals surface area contributed by atoms with E-state index in [1.807, 2.05) is 54.9 Å². The first kappa shape index (κ1) is 28.3. The minimum absolute atomic E-state index is 0. The number of ether oxygens (including phenoxy) is 1. The number of aromatic nitrogens is 4. The molecule has 0 saturated carbocycles. The average Bonchev–Trinajstić information content (AvgIpc) is 3.32. The molecule has 3 N–H and O–H groups in total. The number of anilines is 2. The van der Waals surface area contributed by atoms with E-state index < -0.39 is 5.95 Å². The van der Waals surface area contributed by atoms with E-state index in [9.17, 15) is 9.18 Å². The fourth-order valence-corrected chi connectivity index (χ4v) is 5.15. The number of piperazine rings is 1. The maximum Gasteiger partial charge on any atom is 0.270 e. The number of nitrogens with one attached hydrogen (secondary N) is 3. The molecule has 2 aromatic carbocycles. The van der Waals surface area contributed by atoms with E-state index in [0.717, 1.165) is 66.1 Å². The first-order valence-corrected chi connectivity index (χ1v) is 14.2. The van der Waals surface area contributed by atoms with Gasteiger partial charge in [0.05, 0.1) is 11.0 Å². The van der Waals surface area contributed by atoms with Crippen molar-refractivity contribution >= 4 is 28.6 Å². The zero-order valence-electron chi connectivity index (χ0n) is 24.1. The van der Waals surface area contributed by atoms with E-state index in [1.165, 1.54) is 12.3 Å². The summed E-state index contributed by atoms with van der Waals surface area (Å²) in [5.74, 6) is 0.994. The highest BCUT2D eigenvalue weighted by Crippen LogP contribution is 2.31. The number of imidazole rings is 1. The summed E-state index contributed by atoms with van der Waals surface area (Å²) in [6.45, 7) is 7.27. The summed E-state index contributed by atoms with van der Waals surface area (Å²) in [5.41, 5.74) is 5.47. The van der Waals surface area contributed by atoms with Gasteiger partial charge in [-0.1, -0.05) is 6.07 Å². The molecule has 43 heavy (non-hydrogen) atoms. The normalized spacial score (nSPS) is 13.7. The van der Waals surface area contributed by atoms with Crippen molar-refractivity contribution in [2.75, 3.05) is 44.6 Å². The monoisotopic (exact) mass is 586 g/mol. The third kappa shape index (κ3) is 6.63. The Kier molecular flexibility index (Phi) is 8.25. The van der Waals surface area contributed by atoms with Crippen LogP contribution in [-0.2, 0) is 7.05 Å². The van der Waals surface area contributed by atoms with Crippen molar-refractivity contribution in [3.05, 3.63) is 90.3 Å². The van der Waals surface area contributed by atoms with E-state index in [4.69, 9.17) is 9.72 Å². The first-order chi connectivity index (χ1) is 20.9. The van der Waals surface area contributed by atoms with Gasteiger partial charge in [-0.15, -0.1) is 0 Å². The Balaban J connectivity index is 0.00000192. The summed E-state index contributed by atoms with van der Waals surface area (Å²) in [6, 6.07) is 18.2. The highest BCUT2D eigenvalue weighted by atomic mass is 19.1. The summed E-state index contributed by atoms with van der Waals surface area (Å²) in [4.78, 5) is 27.7. The molecule has 0 bridgehead atoms. The maximum absolute atomic E-state index is 13.8. The number of hydrogen-bond acceptors (Lipinski definition) is 8. The lowest BCUT2D eigenvalue weighted by Crippen LogP contribution is -2.46.